The molecule has 132 valence electrons. The smallest absolute Gasteiger partial charge is 0.339 e. The Kier molecular flexibility index (Phi) is 5.48. The maximum Gasteiger partial charge on any atom is 0.339 e. The third kappa shape index (κ3) is 4.00. The Hall–Kier alpha value is -2.93. The molecule has 0 aliphatic heterocycles. The van der Waals surface area contributed by atoms with Crippen LogP contribution in [0.1, 0.15) is 16.1 Å². The number of rotatable bonds is 5. The first kappa shape index (κ1) is 17.9. The van der Waals surface area contributed by atoms with E-state index in [4.69, 9.17) is 4.74 Å². The third-order valence-electron chi connectivity index (χ3n) is 3.71. The predicted octanol–water partition coefficient (Wildman–Crippen LogP) is 3.46. The number of nitrogens with one attached hydrogen (secondary N) is 1. The van der Waals surface area contributed by atoms with Gasteiger partial charge in [-0.05, 0) is 25.1 Å². The molecule has 0 atom stereocenters. The number of fused-ring (bicyclic) bond motifs is 1. The van der Waals surface area contributed by atoms with Gasteiger partial charge in [0.25, 0.3) is 0 Å². The maximum absolute atomic E-state index is 12.3. The van der Waals surface area contributed by atoms with Crippen molar-refractivity contribution in [2.75, 3.05) is 18.2 Å². The van der Waals surface area contributed by atoms with Crippen molar-refractivity contribution < 1.29 is 14.3 Å². The lowest BCUT2D eigenvalue weighted by Crippen LogP contribution is -2.17. The number of aromatic nitrogens is 2. The molecule has 3 rings (SSSR count). The van der Waals surface area contributed by atoms with Crippen LogP contribution in [0, 0.1) is 6.92 Å². The van der Waals surface area contributed by atoms with Gasteiger partial charge in [0.05, 0.1) is 29.6 Å². The number of benzene rings is 2. The minimum Gasteiger partial charge on any atom is -0.465 e. The van der Waals surface area contributed by atoms with Crippen molar-refractivity contribution in [3.05, 3.63) is 59.8 Å². The van der Waals surface area contributed by atoms with Crippen molar-refractivity contribution in [2.24, 2.45) is 0 Å². The summed E-state index contributed by atoms with van der Waals surface area (Å²) < 4.78 is 4.73. The molecular formula is C19H17N3O3S. The van der Waals surface area contributed by atoms with Crippen LogP contribution in [0.3, 0.4) is 0 Å². The summed E-state index contributed by atoms with van der Waals surface area (Å²) in [5, 5.41) is 4.26. The van der Waals surface area contributed by atoms with Crippen molar-refractivity contribution in [1.82, 2.24) is 9.97 Å². The number of carbonyl (C=O) groups is 2. The minimum atomic E-state index is -0.498. The number of esters is 1. The average molecular weight is 367 g/mol. The van der Waals surface area contributed by atoms with Crippen LogP contribution in [0.25, 0.3) is 10.9 Å². The summed E-state index contributed by atoms with van der Waals surface area (Å²) in [5.41, 5.74) is 2.44. The molecule has 0 spiro atoms. The third-order valence-corrected chi connectivity index (χ3v) is 4.56. The van der Waals surface area contributed by atoms with Gasteiger partial charge in [-0.25, -0.2) is 14.8 Å². The number of methoxy groups -OCH3 is 1. The molecule has 1 heterocycles. The summed E-state index contributed by atoms with van der Waals surface area (Å²) in [6.07, 6.45) is 0. The second kappa shape index (κ2) is 7.97. The standard InChI is InChI=1S/C19H17N3O3S/c1-12-13-7-3-5-9-15(13)22-19(20-12)26-11-17(23)21-16-10-6-4-8-14(16)18(24)25-2/h3-10H,11H2,1-2H3,(H,21,23). The Morgan fingerprint density at radius 3 is 2.62 bits per heavy atom. The van der Waals surface area contributed by atoms with E-state index in [1.54, 1.807) is 24.3 Å². The lowest BCUT2D eigenvalue weighted by molar-refractivity contribution is -0.113. The van der Waals surface area contributed by atoms with E-state index in [-0.39, 0.29) is 11.7 Å². The van der Waals surface area contributed by atoms with Crippen LogP contribution in [-0.2, 0) is 9.53 Å². The molecule has 0 aliphatic carbocycles. The fraction of sp³-hybridized carbons (Fsp3) is 0.158. The molecule has 7 heteroatoms. The second-order valence-electron chi connectivity index (χ2n) is 5.48. The van der Waals surface area contributed by atoms with Crippen LogP contribution < -0.4 is 5.32 Å². The van der Waals surface area contributed by atoms with Crippen LogP contribution in [-0.4, -0.2) is 34.7 Å². The quantitative estimate of drug-likeness (QED) is 0.423. The molecule has 0 radical (unpaired) electrons. The van der Waals surface area contributed by atoms with Gasteiger partial charge in [0.1, 0.15) is 0 Å². The van der Waals surface area contributed by atoms with Gasteiger partial charge in [-0.3, -0.25) is 4.79 Å². The van der Waals surface area contributed by atoms with Gasteiger partial charge >= 0.3 is 5.97 Å². The summed E-state index contributed by atoms with van der Waals surface area (Å²) in [7, 11) is 1.30. The Balaban J connectivity index is 1.69. The van der Waals surface area contributed by atoms with Gasteiger partial charge in [0, 0.05) is 11.1 Å². The van der Waals surface area contributed by atoms with Crippen LogP contribution in [0.15, 0.2) is 53.7 Å². The first-order valence-electron chi connectivity index (χ1n) is 7.92. The number of carbonyl (C=O) groups excluding carboxylic acids is 2. The Morgan fingerprint density at radius 2 is 1.81 bits per heavy atom. The number of aryl methyl sites for hydroxylation is 1. The summed E-state index contributed by atoms with van der Waals surface area (Å²) >= 11 is 1.25. The van der Waals surface area contributed by atoms with Crippen molar-refractivity contribution in [3.8, 4) is 0 Å². The van der Waals surface area contributed by atoms with Gasteiger partial charge in [0.15, 0.2) is 5.16 Å². The van der Waals surface area contributed by atoms with E-state index >= 15 is 0 Å². The zero-order valence-electron chi connectivity index (χ0n) is 14.4. The monoisotopic (exact) mass is 367 g/mol. The van der Waals surface area contributed by atoms with Gasteiger partial charge in [-0.1, -0.05) is 42.1 Å². The average Bonchev–Trinajstić information content (AvgIpc) is 2.66. The Labute approximate surface area is 155 Å². The summed E-state index contributed by atoms with van der Waals surface area (Å²) in [6, 6.07) is 14.5. The summed E-state index contributed by atoms with van der Waals surface area (Å²) in [4.78, 5) is 32.9. The molecule has 6 nitrogen and oxygen atoms in total. The second-order valence-corrected chi connectivity index (χ2v) is 6.43. The number of para-hydroxylation sites is 2. The molecule has 26 heavy (non-hydrogen) atoms. The normalized spacial score (nSPS) is 10.5. The number of ether oxygens (including phenoxy) is 1. The van der Waals surface area contributed by atoms with E-state index in [2.05, 4.69) is 15.3 Å². The van der Waals surface area contributed by atoms with E-state index in [0.717, 1.165) is 16.6 Å². The van der Waals surface area contributed by atoms with E-state index in [1.165, 1.54) is 18.9 Å². The number of thioether (sulfide) groups is 1. The van der Waals surface area contributed by atoms with Crippen LogP contribution in [0.5, 0.6) is 0 Å². The van der Waals surface area contributed by atoms with Gasteiger partial charge in [-0.2, -0.15) is 0 Å². The molecule has 0 saturated carbocycles. The molecule has 1 N–H and O–H groups in total. The SMILES string of the molecule is COC(=O)c1ccccc1NC(=O)CSc1nc(C)c2ccccc2n1. The molecule has 0 aliphatic rings. The molecule has 0 saturated heterocycles. The minimum absolute atomic E-state index is 0.132. The first-order valence-corrected chi connectivity index (χ1v) is 8.90. The number of hydrogen-bond donors (Lipinski definition) is 1. The highest BCUT2D eigenvalue weighted by molar-refractivity contribution is 7.99. The molecule has 0 fully saturated rings. The van der Waals surface area contributed by atoms with Crippen molar-refractivity contribution in [2.45, 2.75) is 12.1 Å². The zero-order chi connectivity index (χ0) is 18.5. The molecule has 3 aromatic rings. The number of amides is 1. The van der Waals surface area contributed by atoms with Crippen LogP contribution in [0.4, 0.5) is 5.69 Å². The van der Waals surface area contributed by atoms with E-state index < -0.39 is 5.97 Å². The fourth-order valence-electron chi connectivity index (χ4n) is 2.47. The fourth-order valence-corrected chi connectivity index (χ4v) is 3.17. The first-order chi connectivity index (χ1) is 12.6. The molecule has 2 aromatic carbocycles. The molecule has 0 unspecified atom stereocenters. The highest BCUT2D eigenvalue weighted by Gasteiger charge is 2.14. The predicted molar refractivity (Wildman–Crippen MR) is 101 cm³/mol. The van der Waals surface area contributed by atoms with E-state index in [9.17, 15) is 9.59 Å². The van der Waals surface area contributed by atoms with Gasteiger partial charge in [0.2, 0.25) is 5.91 Å². The summed E-state index contributed by atoms with van der Waals surface area (Å²) in [5.74, 6) is -0.615. The Bertz CT molecular complexity index is 975. The zero-order valence-corrected chi connectivity index (χ0v) is 15.2. The Morgan fingerprint density at radius 1 is 1.08 bits per heavy atom. The molecule has 0 bridgehead atoms. The van der Waals surface area contributed by atoms with Crippen molar-refractivity contribution in [3.63, 3.8) is 0 Å². The number of anilines is 1. The van der Waals surface area contributed by atoms with Crippen LogP contribution in [0.2, 0.25) is 0 Å². The van der Waals surface area contributed by atoms with E-state index in [1.807, 2.05) is 31.2 Å². The molecular weight excluding hydrogens is 350 g/mol. The van der Waals surface area contributed by atoms with Gasteiger partial charge < -0.3 is 10.1 Å². The van der Waals surface area contributed by atoms with Crippen molar-refractivity contribution in [1.29, 1.82) is 0 Å². The molecule has 1 aromatic heterocycles. The topological polar surface area (TPSA) is 81.2 Å². The lowest BCUT2D eigenvalue weighted by atomic mass is 10.2. The van der Waals surface area contributed by atoms with E-state index in [0.29, 0.717) is 16.4 Å². The highest BCUT2D eigenvalue weighted by atomic mass is 32.2. The lowest BCUT2D eigenvalue weighted by Gasteiger charge is -2.09. The van der Waals surface area contributed by atoms with Crippen LogP contribution >= 0.6 is 11.8 Å². The van der Waals surface area contributed by atoms with Gasteiger partial charge in [-0.15, -0.1) is 0 Å². The number of hydrogen-bond acceptors (Lipinski definition) is 6. The largest absolute Gasteiger partial charge is 0.465 e. The maximum atomic E-state index is 12.3. The van der Waals surface area contributed by atoms with Crippen molar-refractivity contribution >= 4 is 40.2 Å². The molecule has 1 amide bonds. The highest BCUT2D eigenvalue weighted by Crippen LogP contribution is 2.21. The summed E-state index contributed by atoms with van der Waals surface area (Å²) in [6.45, 7) is 1.92. The number of nitrogens with zero attached hydrogens (tertiary/aromatic N) is 2.